The lowest BCUT2D eigenvalue weighted by Gasteiger charge is -2.53. The fourth-order valence-corrected chi connectivity index (χ4v) is 6.09. The van der Waals surface area contributed by atoms with Crippen molar-refractivity contribution in [3.05, 3.63) is 45.7 Å². The number of phenols is 1. The van der Waals surface area contributed by atoms with Crippen LogP contribution in [0.25, 0.3) is 5.76 Å². The van der Waals surface area contributed by atoms with Crippen LogP contribution in [0.1, 0.15) is 29.5 Å². The molecule has 0 saturated heterocycles. The molecule has 1 fully saturated rings. The first-order chi connectivity index (χ1) is 17.3. The summed E-state index contributed by atoms with van der Waals surface area (Å²) < 4.78 is 12.5. The summed E-state index contributed by atoms with van der Waals surface area (Å²) in [5, 5.41) is 59.1. The van der Waals surface area contributed by atoms with E-state index in [0.29, 0.717) is 11.1 Å². The van der Waals surface area contributed by atoms with Crippen LogP contribution >= 0.6 is 0 Å². The molecule has 1 aromatic rings. The van der Waals surface area contributed by atoms with Crippen LogP contribution in [0.2, 0.25) is 0 Å². The molecule has 1 saturated carbocycles. The molecule has 8 N–H and O–H groups in total. The largest absolute Gasteiger partial charge is 0.508 e. The number of amides is 1. The van der Waals surface area contributed by atoms with Crippen LogP contribution in [0.4, 0.5) is 4.39 Å². The zero-order valence-electron chi connectivity index (χ0n) is 20.5. The van der Waals surface area contributed by atoms with Crippen molar-refractivity contribution in [2.45, 2.75) is 37.1 Å². The molecule has 0 aromatic heterocycles. The van der Waals surface area contributed by atoms with Gasteiger partial charge < -0.3 is 36.6 Å². The smallest absolute Gasteiger partial charge is 0.255 e. The van der Waals surface area contributed by atoms with E-state index >= 15 is 0 Å². The maximum atomic E-state index is 13.9. The molecule has 0 radical (unpaired) electrons. The van der Waals surface area contributed by atoms with Crippen LogP contribution < -0.4 is 11.1 Å². The number of aromatic hydroxyl groups is 1. The number of aliphatic hydroxyl groups is 4. The van der Waals surface area contributed by atoms with Crippen molar-refractivity contribution in [3.63, 3.8) is 0 Å². The van der Waals surface area contributed by atoms with Gasteiger partial charge in [0.05, 0.1) is 23.6 Å². The number of likely N-dealkylation sites (N-methyl/N-ethyl adjacent to an activating group) is 1. The maximum absolute atomic E-state index is 13.9. The van der Waals surface area contributed by atoms with Crippen molar-refractivity contribution in [2.75, 3.05) is 27.3 Å². The lowest BCUT2D eigenvalue weighted by atomic mass is 9.54. The molecule has 0 heterocycles. The standard InChI is InChI=1S/C25H30FN3O8/c1-9-11-5-4-10(8-28-7-6-26)18(30)13(11)19(31)14-12(9)20(32)16-17(29(2)3)21(33)15(24(27)36)23(35)25(16,37)22(14)34/h4-5,9,12,16-17,20,28,30-32,35,37H,6-8H2,1-3H3,(H2,27,36)/t9-,12+,16+,17-,20-,25-/m0/s1. The number of phenolic OH excluding ortho intramolecular Hbond substituents is 1. The minimum absolute atomic E-state index is 0.0285. The SMILES string of the molecule is C[C@H]1c2ccc(CNCCF)c(O)c2C(O)=C2C(=O)[C@]3(O)C(O)=C(C(N)=O)C(=O)[C@@H](N(C)C)[C@@H]3[C@@H](O)[C@@H]21. The highest BCUT2D eigenvalue weighted by atomic mass is 19.1. The Kier molecular flexibility index (Phi) is 6.65. The average Bonchev–Trinajstić information content (AvgIpc) is 2.82. The van der Waals surface area contributed by atoms with Crippen LogP contribution in [0, 0.1) is 11.8 Å². The molecule has 0 bridgehead atoms. The number of nitrogens with zero attached hydrogens (tertiary/aromatic N) is 1. The van der Waals surface area contributed by atoms with Crippen molar-refractivity contribution in [2.24, 2.45) is 17.6 Å². The van der Waals surface area contributed by atoms with Crippen LogP contribution in [0.15, 0.2) is 29.0 Å². The minimum atomic E-state index is -2.96. The number of alkyl halides is 1. The van der Waals surface area contributed by atoms with E-state index in [9.17, 15) is 44.3 Å². The molecule has 12 heteroatoms. The monoisotopic (exact) mass is 519 g/mol. The fraction of sp³-hybridized carbons (Fsp3) is 0.480. The predicted octanol–water partition coefficient (Wildman–Crippen LogP) is -0.445. The Balaban J connectivity index is 1.97. The summed E-state index contributed by atoms with van der Waals surface area (Å²) in [6.07, 6.45) is -1.65. The summed E-state index contributed by atoms with van der Waals surface area (Å²) in [4.78, 5) is 40.4. The van der Waals surface area contributed by atoms with Crippen molar-refractivity contribution >= 4 is 23.2 Å². The van der Waals surface area contributed by atoms with Crippen molar-refractivity contribution in [1.82, 2.24) is 10.2 Å². The molecule has 4 rings (SSSR count). The van der Waals surface area contributed by atoms with Gasteiger partial charge in [-0.05, 0) is 25.6 Å². The molecule has 1 amide bonds. The minimum Gasteiger partial charge on any atom is -0.508 e. The third-order valence-corrected chi connectivity index (χ3v) is 7.80. The van der Waals surface area contributed by atoms with E-state index in [1.807, 2.05) is 0 Å². The first-order valence-corrected chi connectivity index (χ1v) is 11.8. The molecular formula is C25H30FN3O8. The number of benzene rings is 1. The number of nitrogens with one attached hydrogen (secondary N) is 1. The van der Waals surface area contributed by atoms with Crippen molar-refractivity contribution in [3.8, 4) is 5.75 Å². The Morgan fingerprint density at radius 3 is 2.43 bits per heavy atom. The van der Waals surface area contributed by atoms with E-state index in [0.717, 1.165) is 0 Å². The van der Waals surface area contributed by atoms with Crippen molar-refractivity contribution in [1.29, 1.82) is 0 Å². The van der Waals surface area contributed by atoms with Crippen LogP contribution in [0.3, 0.4) is 0 Å². The Hall–Kier alpha value is -3.32. The second kappa shape index (κ2) is 9.21. The molecule has 200 valence electrons. The number of aliphatic hydroxyl groups excluding tert-OH is 3. The van der Waals surface area contributed by atoms with E-state index in [-0.39, 0.29) is 24.4 Å². The van der Waals surface area contributed by atoms with Gasteiger partial charge in [-0.25, -0.2) is 4.39 Å². The molecule has 11 nitrogen and oxygen atoms in total. The Morgan fingerprint density at radius 2 is 1.86 bits per heavy atom. The summed E-state index contributed by atoms with van der Waals surface area (Å²) in [6.45, 7) is 1.11. The first-order valence-electron chi connectivity index (χ1n) is 11.8. The summed E-state index contributed by atoms with van der Waals surface area (Å²) >= 11 is 0. The third kappa shape index (κ3) is 3.58. The quantitative estimate of drug-likeness (QED) is 0.191. The van der Waals surface area contributed by atoms with Gasteiger partial charge in [0.2, 0.25) is 5.78 Å². The number of carbonyl (C=O) groups is 3. The topological polar surface area (TPSA) is 194 Å². The normalized spacial score (nSPS) is 31.4. The van der Waals surface area contributed by atoms with Gasteiger partial charge in [0.15, 0.2) is 11.4 Å². The number of primary amides is 1. The molecule has 6 atom stereocenters. The number of fused-ring (bicyclic) bond motifs is 3. The number of ketones is 2. The van der Waals surface area contributed by atoms with Gasteiger partial charge in [0.1, 0.15) is 29.5 Å². The lowest BCUT2D eigenvalue weighted by Crippen LogP contribution is -2.70. The first kappa shape index (κ1) is 26.7. The highest BCUT2D eigenvalue weighted by molar-refractivity contribution is 6.24. The fourth-order valence-electron chi connectivity index (χ4n) is 6.09. The molecule has 37 heavy (non-hydrogen) atoms. The second-order valence-electron chi connectivity index (χ2n) is 9.95. The van der Waals surface area contributed by atoms with Crippen LogP contribution in [-0.4, -0.2) is 93.0 Å². The van der Waals surface area contributed by atoms with E-state index in [4.69, 9.17) is 5.73 Å². The van der Waals surface area contributed by atoms with Crippen molar-refractivity contribution < 1.29 is 44.3 Å². The van der Waals surface area contributed by atoms with Gasteiger partial charge in [-0.1, -0.05) is 19.1 Å². The number of hydrogen-bond donors (Lipinski definition) is 7. The van der Waals surface area contributed by atoms with Gasteiger partial charge in [0.25, 0.3) is 5.91 Å². The predicted molar refractivity (Wildman–Crippen MR) is 128 cm³/mol. The molecule has 3 aliphatic rings. The molecular weight excluding hydrogens is 489 g/mol. The Morgan fingerprint density at radius 1 is 1.22 bits per heavy atom. The number of hydrogen-bond acceptors (Lipinski definition) is 10. The van der Waals surface area contributed by atoms with Gasteiger partial charge in [0, 0.05) is 30.1 Å². The zero-order chi connectivity index (χ0) is 27.6. The molecule has 0 aliphatic heterocycles. The number of nitrogens with two attached hydrogens (primary N) is 1. The van der Waals surface area contributed by atoms with Crippen LogP contribution in [-0.2, 0) is 20.9 Å². The van der Waals surface area contributed by atoms with Gasteiger partial charge in [-0.2, -0.15) is 0 Å². The van der Waals surface area contributed by atoms with Gasteiger partial charge in [-0.15, -0.1) is 0 Å². The second-order valence-corrected chi connectivity index (χ2v) is 9.95. The average molecular weight is 520 g/mol. The van der Waals surface area contributed by atoms with E-state index in [1.54, 1.807) is 19.1 Å². The summed E-state index contributed by atoms with van der Waals surface area (Å²) in [7, 11) is 2.89. The summed E-state index contributed by atoms with van der Waals surface area (Å²) in [5.74, 6) is -9.35. The zero-order valence-corrected chi connectivity index (χ0v) is 20.5. The lowest BCUT2D eigenvalue weighted by molar-refractivity contribution is -0.169. The van der Waals surface area contributed by atoms with Crippen LogP contribution in [0.5, 0.6) is 5.75 Å². The molecule has 0 spiro atoms. The van der Waals surface area contributed by atoms with E-state index in [1.165, 1.54) is 19.0 Å². The molecule has 3 aliphatic carbocycles. The number of Topliss-reactive ketones (excluding diaryl/α,β-unsaturated/α-hetero) is 2. The van der Waals surface area contributed by atoms with Gasteiger partial charge in [-0.3, -0.25) is 19.3 Å². The van der Waals surface area contributed by atoms with Gasteiger partial charge >= 0.3 is 0 Å². The molecule has 0 unspecified atom stereocenters. The van der Waals surface area contributed by atoms with E-state index in [2.05, 4.69) is 5.32 Å². The van der Waals surface area contributed by atoms with E-state index < -0.39 is 82.3 Å². The highest BCUT2D eigenvalue weighted by Crippen LogP contribution is 2.56. The number of carbonyl (C=O) groups excluding carboxylic acids is 3. The maximum Gasteiger partial charge on any atom is 0.255 e. The Labute approximate surface area is 211 Å². The number of rotatable bonds is 6. The summed E-state index contributed by atoms with van der Waals surface area (Å²) in [6, 6.07) is 1.77. The molecule has 1 aromatic carbocycles. The summed E-state index contributed by atoms with van der Waals surface area (Å²) in [5.41, 5.74) is 1.51. The third-order valence-electron chi connectivity index (χ3n) is 7.80. The number of halogens is 1. The highest BCUT2D eigenvalue weighted by Gasteiger charge is 2.68. The Bertz CT molecular complexity index is 1260.